The molecule has 0 aliphatic carbocycles. The lowest BCUT2D eigenvalue weighted by molar-refractivity contribution is 0.0942. The maximum Gasteiger partial charge on any atom is 0.255 e. The summed E-state index contributed by atoms with van der Waals surface area (Å²) >= 11 is 4.90. The Morgan fingerprint density at radius 2 is 2.11 bits per heavy atom. The van der Waals surface area contributed by atoms with Crippen LogP contribution < -0.4 is 20.5 Å². The first kappa shape index (κ1) is 15.2. The molecule has 0 aliphatic rings. The zero-order valence-electron chi connectivity index (χ0n) is 11.2. The van der Waals surface area contributed by atoms with Crippen molar-refractivity contribution < 1.29 is 14.3 Å². The molecule has 1 rings (SSSR count). The van der Waals surface area contributed by atoms with Gasteiger partial charge in [-0.25, -0.2) is 0 Å². The van der Waals surface area contributed by atoms with Crippen molar-refractivity contribution in [3.8, 4) is 11.5 Å². The van der Waals surface area contributed by atoms with Gasteiger partial charge >= 0.3 is 0 Å². The Bertz CT molecular complexity index is 477. The fourth-order valence-electron chi connectivity index (χ4n) is 1.68. The molecule has 1 aromatic carbocycles. The van der Waals surface area contributed by atoms with Gasteiger partial charge in [0.1, 0.15) is 0 Å². The number of ether oxygens (including phenoxy) is 2. The second kappa shape index (κ2) is 6.94. The Morgan fingerprint density at radius 3 is 2.58 bits per heavy atom. The fraction of sp³-hybridized carbons (Fsp3) is 0.385. The minimum atomic E-state index is -0.335. The highest BCUT2D eigenvalue weighted by molar-refractivity contribution is 7.80. The summed E-state index contributed by atoms with van der Waals surface area (Å²) in [4.78, 5) is 12.5. The van der Waals surface area contributed by atoms with Gasteiger partial charge in [-0.2, -0.15) is 0 Å². The number of nitrogens with two attached hydrogens (primary N) is 1. The Morgan fingerprint density at radius 1 is 1.42 bits per heavy atom. The van der Waals surface area contributed by atoms with Gasteiger partial charge in [-0.05, 0) is 18.6 Å². The van der Waals surface area contributed by atoms with E-state index in [0.29, 0.717) is 23.5 Å². The van der Waals surface area contributed by atoms with E-state index in [2.05, 4.69) is 5.32 Å². The molecule has 0 heterocycles. The third kappa shape index (κ3) is 3.57. The van der Waals surface area contributed by atoms with Gasteiger partial charge in [0.25, 0.3) is 5.91 Å². The minimum Gasteiger partial charge on any atom is -0.493 e. The van der Waals surface area contributed by atoms with E-state index >= 15 is 0 Å². The van der Waals surface area contributed by atoms with Gasteiger partial charge in [0, 0.05) is 0 Å². The highest BCUT2D eigenvalue weighted by Crippen LogP contribution is 2.30. The highest BCUT2D eigenvalue weighted by atomic mass is 32.1. The number of para-hydroxylation sites is 1. The van der Waals surface area contributed by atoms with Crippen molar-refractivity contribution in [3.63, 3.8) is 0 Å². The van der Waals surface area contributed by atoms with Crippen LogP contribution in [-0.4, -0.2) is 31.2 Å². The molecule has 6 heteroatoms. The number of hydrogen-bond acceptors (Lipinski definition) is 4. The van der Waals surface area contributed by atoms with Crippen molar-refractivity contribution in [1.29, 1.82) is 0 Å². The molecule has 5 nitrogen and oxygen atoms in total. The Hall–Kier alpha value is -1.82. The molecule has 1 aromatic rings. The van der Waals surface area contributed by atoms with Gasteiger partial charge in [0.05, 0.1) is 30.8 Å². The largest absolute Gasteiger partial charge is 0.493 e. The van der Waals surface area contributed by atoms with Crippen LogP contribution in [0, 0.1) is 0 Å². The molecule has 0 aliphatic heterocycles. The lowest BCUT2D eigenvalue weighted by atomic mass is 10.1. The maximum atomic E-state index is 12.2. The second-order valence-electron chi connectivity index (χ2n) is 3.88. The van der Waals surface area contributed by atoms with Crippen LogP contribution in [0.1, 0.15) is 23.7 Å². The number of carbonyl (C=O) groups excluding carboxylic acids is 1. The number of carbonyl (C=O) groups is 1. The molecule has 0 fully saturated rings. The van der Waals surface area contributed by atoms with E-state index in [9.17, 15) is 4.79 Å². The van der Waals surface area contributed by atoms with Crippen LogP contribution in [0.15, 0.2) is 18.2 Å². The average Bonchev–Trinajstić information content (AvgIpc) is 2.42. The standard InChI is InChI=1S/C13H18N2O3S/c1-4-9(12(14)19)15-13(16)8-6-5-7-10(17-2)11(8)18-3/h5-7,9H,4H2,1-3H3,(H2,14,19)(H,15,16). The van der Waals surface area contributed by atoms with Crippen LogP contribution in [0.4, 0.5) is 0 Å². The van der Waals surface area contributed by atoms with Gasteiger partial charge < -0.3 is 20.5 Å². The van der Waals surface area contributed by atoms with Crippen molar-refractivity contribution in [1.82, 2.24) is 5.32 Å². The van der Waals surface area contributed by atoms with Gasteiger partial charge in [0.2, 0.25) is 0 Å². The summed E-state index contributed by atoms with van der Waals surface area (Å²) in [6.45, 7) is 1.90. The summed E-state index contributed by atoms with van der Waals surface area (Å²) in [5.74, 6) is 0.592. The van der Waals surface area contributed by atoms with Crippen LogP contribution in [0.25, 0.3) is 0 Å². The first-order valence-electron chi connectivity index (χ1n) is 5.86. The number of thiocarbonyl (C=S) groups is 1. The lowest BCUT2D eigenvalue weighted by Crippen LogP contribution is -2.43. The molecule has 19 heavy (non-hydrogen) atoms. The van der Waals surface area contributed by atoms with E-state index in [0.717, 1.165) is 0 Å². The molecule has 0 spiro atoms. The first-order chi connectivity index (χ1) is 9.04. The molecule has 1 unspecified atom stereocenters. The molecule has 104 valence electrons. The van der Waals surface area contributed by atoms with E-state index in [1.165, 1.54) is 14.2 Å². The summed E-state index contributed by atoms with van der Waals surface area (Å²) in [6, 6.07) is 4.76. The number of amides is 1. The molecular formula is C13H18N2O3S. The third-order valence-electron chi connectivity index (χ3n) is 2.70. The molecule has 0 saturated heterocycles. The van der Waals surface area contributed by atoms with Crippen LogP contribution >= 0.6 is 12.2 Å². The quantitative estimate of drug-likeness (QED) is 0.774. The van der Waals surface area contributed by atoms with E-state index in [1.807, 2.05) is 6.92 Å². The van der Waals surface area contributed by atoms with Crippen LogP contribution in [0.5, 0.6) is 11.5 Å². The molecule has 1 atom stereocenters. The van der Waals surface area contributed by atoms with Gasteiger partial charge in [0.15, 0.2) is 11.5 Å². The van der Waals surface area contributed by atoms with Crippen molar-refractivity contribution >= 4 is 23.1 Å². The maximum absolute atomic E-state index is 12.2. The zero-order chi connectivity index (χ0) is 14.4. The number of hydrogen-bond donors (Lipinski definition) is 2. The number of methoxy groups -OCH3 is 2. The summed E-state index contributed by atoms with van der Waals surface area (Å²) in [7, 11) is 3.00. The van der Waals surface area contributed by atoms with Crippen molar-refractivity contribution in [2.24, 2.45) is 5.73 Å². The van der Waals surface area contributed by atoms with Crippen LogP contribution in [-0.2, 0) is 0 Å². The summed E-state index contributed by atoms with van der Waals surface area (Å²) in [6.07, 6.45) is 0.632. The SMILES string of the molecule is CCC(NC(=O)c1cccc(OC)c1OC)C(N)=S. The van der Waals surface area contributed by atoms with E-state index in [-0.39, 0.29) is 16.9 Å². The van der Waals surface area contributed by atoms with Gasteiger partial charge in [-0.1, -0.05) is 25.2 Å². The normalized spacial score (nSPS) is 11.5. The summed E-state index contributed by atoms with van der Waals surface area (Å²) in [5.41, 5.74) is 5.95. The molecule has 0 radical (unpaired) electrons. The van der Waals surface area contributed by atoms with E-state index < -0.39 is 0 Å². The molecule has 0 bridgehead atoms. The topological polar surface area (TPSA) is 73.6 Å². The van der Waals surface area contributed by atoms with Crippen LogP contribution in [0.3, 0.4) is 0 Å². The molecule has 0 saturated carbocycles. The Labute approximate surface area is 118 Å². The summed E-state index contributed by atoms with van der Waals surface area (Å²) < 4.78 is 10.4. The molecule has 3 N–H and O–H groups in total. The van der Waals surface area contributed by atoms with Crippen LogP contribution in [0.2, 0.25) is 0 Å². The van der Waals surface area contributed by atoms with Gasteiger partial charge in [-0.3, -0.25) is 4.79 Å². The monoisotopic (exact) mass is 282 g/mol. The second-order valence-corrected chi connectivity index (χ2v) is 4.35. The highest BCUT2D eigenvalue weighted by Gasteiger charge is 2.19. The summed E-state index contributed by atoms with van der Waals surface area (Å²) in [5, 5.41) is 2.77. The molecule has 1 amide bonds. The van der Waals surface area contributed by atoms with Crippen molar-refractivity contribution in [2.45, 2.75) is 19.4 Å². The minimum absolute atomic E-state index is 0.262. The van der Waals surface area contributed by atoms with E-state index in [4.69, 9.17) is 27.4 Å². The lowest BCUT2D eigenvalue weighted by Gasteiger charge is -2.17. The average molecular weight is 282 g/mol. The Kier molecular flexibility index (Phi) is 5.57. The fourth-order valence-corrected chi connectivity index (χ4v) is 1.90. The van der Waals surface area contributed by atoms with E-state index in [1.54, 1.807) is 18.2 Å². The zero-order valence-corrected chi connectivity index (χ0v) is 12.0. The van der Waals surface area contributed by atoms with Gasteiger partial charge in [-0.15, -0.1) is 0 Å². The smallest absolute Gasteiger partial charge is 0.255 e. The number of nitrogens with one attached hydrogen (secondary N) is 1. The molecular weight excluding hydrogens is 264 g/mol. The predicted octanol–water partition coefficient (Wildman–Crippen LogP) is 1.50. The predicted molar refractivity (Wildman–Crippen MR) is 77.9 cm³/mol. The molecule has 0 aromatic heterocycles. The third-order valence-corrected chi connectivity index (χ3v) is 2.99. The van der Waals surface area contributed by atoms with Crippen molar-refractivity contribution in [3.05, 3.63) is 23.8 Å². The first-order valence-corrected chi connectivity index (χ1v) is 6.27. The number of benzene rings is 1. The van der Waals surface area contributed by atoms with Crippen molar-refractivity contribution in [2.75, 3.05) is 14.2 Å². The number of rotatable bonds is 6. The Balaban J connectivity index is 3.02.